The van der Waals surface area contributed by atoms with Gasteiger partial charge in [-0.3, -0.25) is 0 Å². The molecule has 3 nitrogen and oxygen atoms in total. The summed E-state index contributed by atoms with van der Waals surface area (Å²) < 4.78 is 13.8. The Balaban J connectivity index is 2.19. The van der Waals surface area contributed by atoms with Crippen molar-refractivity contribution in [3.8, 4) is 11.4 Å². The second kappa shape index (κ2) is 3.99. The van der Waals surface area contributed by atoms with Crippen LogP contribution in [0.4, 0.5) is 10.1 Å². The zero-order chi connectivity index (χ0) is 12.7. The Hall–Kier alpha value is -2.07. The highest BCUT2D eigenvalue weighted by Crippen LogP contribution is 2.26. The number of hydrogen-bond donors (Lipinski definition) is 2. The highest BCUT2D eigenvalue weighted by molar-refractivity contribution is 6.31. The first-order valence-electron chi connectivity index (χ1n) is 5.35. The highest BCUT2D eigenvalue weighted by atomic mass is 35.5. The van der Waals surface area contributed by atoms with E-state index in [1.54, 1.807) is 18.2 Å². The molecule has 0 radical (unpaired) electrons. The van der Waals surface area contributed by atoms with Gasteiger partial charge in [-0.25, -0.2) is 9.37 Å². The van der Waals surface area contributed by atoms with Crippen molar-refractivity contribution in [1.82, 2.24) is 9.97 Å². The number of fused-ring (bicyclic) bond motifs is 1. The number of halogens is 2. The van der Waals surface area contributed by atoms with Crippen LogP contribution >= 0.6 is 11.6 Å². The summed E-state index contributed by atoms with van der Waals surface area (Å²) in [7, 11) is 0. The molecule has 18 heavy (non-hydrogen) atoms. The van der Waals surface area contributed by atoms with E-state index in [0.717, 1.165) is 5.56 Å². The van der Waals surface area contributed by atoms with Crippen LogP contribution in [-0.2, 0) is 0 Å². The normalized spacial score (nSPS) is 11.0. The smallest absolute Gasteiger partial charge is 0.169 e. The molecular formula is C13H9ClFN3. The van der Waals surface area contributed by atoms with Crippen molar-refractivity contribution >= 4 is 28.3 Å². The number of rotatable bonds is 1. The number of nitrogens with two attached hydrogens (primary N) is 1. The van der Waals surface area contributed by atoms with E-state index in [4.69, 9.17) is 17.3 Å². The zero-order valence-electron chi connectivity index (χ0n) is 9.24. The zero-order valence-corrected chi connectivity index (χ0v) is 10.0. The van der Waals surface area contributed by atoms with Crippen LogP contribution in [0.25, 0.3) is 22.4 Å². The first kappa shape index (κ1) is 11.0. The predicted molar refractivity (Wildman–Crippen MR) is 70.9 cm³/mol. The van der Waals surface area contributed by atoms with Gasteiger partial charge in [0.15, 0.2) is 5.82 Å². The number of benzene rings is 2. The van der Waals surface area contributed by atoms with Crippen molar-refractivity contribution in [2.45, 2.75) is 0 Å². The second-order valence-electron chi connectivity index (χ2n) is 3.96. The summed E-state index contributed by atoms with van der Waals surface area (Å²) in [5, 5.41) is 0.0675. The maximum atomic E-state index is 13.8. The van der Waals surface area contributed by atoms with Gasteiger partial charge in [-0.1, -0.05) is 11.6 Å². The van der Waals surface area contributed by atoms with Crippen molar-refractivity contribution in [2.24, 2.45) is 0 Å². The van der Waals surface area contributed by atoms with Crippen LogP contribution in [0.1, 0.15) is 0 Å². The lowest BCUT2D eigenvalue weighted by molar-refractivity contribution is 0.638. The molecule has 0 spiro atoms. The third-order valence-electron chi connectivity index (χ3n) is 2.73. The van der Waals surface area contributed by atoms with Gasteiger partial charge in [-0.05, 0) is 36.4 Å². The Morgan fingerprint density at radius 3 is 2.56 bits per heavy atom. The van der Waals surface area contributed by atoms with Gasteiger partial charge in [0.1, 0.15) is 11.3 Å². The van der Waals surface area contributed by atoms with Gasteiger partial charge < -0.3 is 10.7 Å². The number of aromatic amines is 1. The molecule has 1 heterocycles. The molecule has 3 aromatic rings. The van der Waals surface area contributed by atoms with E-state index in [2.05, 4.69) is 9.97 Å². The van der Waals surface area contributed by atoms with Crippen LogP contribution < -0.4 is 5.73 Å². The van der Waals surface area contributed by atoms with Crippen LogP contribution in [-0.4, -0.2) is 9.97 Å². The SMILES string of the molecule is Nc1ccc(-c2nc3c(F)c(Cl)ccc3[nH]2)cc1. The highest BCUT2D eigenvalue weighted by Gasteiger charge is 2.11. The molecule has 0 saturated heterocycles. The maximum absolute atomic E-state index is 13.8. The van der Waals surface area contributed by atoms with E-state index in [0.29, 0.717) is 17.0 Å². The van der Waals surface area contributed by atoms with Crippen molar-refractivity contribution in [3.63, 3.8) is 0 Å². The monoisotopic (exact) mass is 261 g/mol. The second-order valence-corrected chi connectivity index (χ2v) is 4.37. The summed E-state index contributed by atoms with van der Waals surface area (Å²) in [6.45, 7) is 0. The van der Waals surface area contributed by atoms with Crippen molar-refractivity contribution in [3.05, 3.63) is 47.2 Å². The van der Waals surface area contributed by atoms with E-state index in [9.17, 15) is 4.39 Å². The van der Waals surface area contributed by atoms with Crippen LogP contribution in [0.2, 0.25) is 5.02 Å². The minimum atomic E-state index is -0.507. The lowest BCUT2D eigenvalue weighted by Gasteiger charge is -1.96. The minimum Gasteiger partial charge on any atom is -0.399 e. The number of nitrogens with zero attached hydrogens (tertiary/aromatic N) is 1. The molecule has 0 aliphatic heterocycles. The number of hydrogen-bond acceptors (Lipinski definition) is 2. The lowest BCUT2D eigenvalue weighted by Crippen LogP contribution is -1.85. The fourth-order valence-corrected chi connectivity index (χ4v) is 1.95. The Kier molecular flexibility index (Phi) is 2.45. The van der Waals surface area contributed by atoms with Gasteiger partial charge in [0.2, 0.25) is 0 Å². The average molecular weight is 262 g/mol. The summed E-state index contributed by atoms with van der Waals surface area (Å²) in [5.74, 6) is 0.0817. The molecule has 1 aromatic heterocycles. The van der Waals surface area contributed by atoms with E-state index < -0.39 is 5.82 Å². The third kappa shape index (κ3) is 1.71. The fraction of sp³-hybridized carbons (Fsp3) is 0. The van der Waals surface area contributed by atoms with E-state index >= 15 is 0 Å². The van der Waals surface area contributed by atoms with Gasteiger partial charge in [0.25, 0.3) is 0 Å². The number of aromatic nitrogens is 2. The summed E-state index contributed by atoms with van der Waals surface area (Å²) in [6.07, 6.45) is 0. The summed E-state index contributed by atoms with van der Waals surface area (Å²) >= 11 is 5.72. The minimum absolute atomic E-state index is 0.0675. The molecule has 0 amide bonds. The van der Waals surface area contributed by atoms with Crippen LogP contribution in [0.5, 0.6) is 0 Å². The number of nitrogens with one attached hydrogen (secondary N) is 1. The molecule has 5 heteroatoms. The largest absolute Gasteiger partial charge is 0.399 e. The third-order valence-corrected chi connectivity index (χ3v) is 3.02. The molecule has 0 bridgehead atoms. The summed E-state index contributed by atoms with van der Waals surface area (Å²) in [6, 6.07) is 10.4. The Labute approximate surface area is 107 Å². The molecule has 2 aromatic carbocycles. The molecular weight excluding hydrogens is 253 g/mol. The Morgan fingerprint density at radius 2 is 1.83 bits per heavy atom. The molecule has 0 saturated carbocycles. The Morgan fingerprint density at radius 1 is 1.11 bits per heavy atom. The first-order valence-corrected chi connectivity index (χ1v) is 5.72. The molecule has 3 rings (SSSR count). The van der Waals surface area contributed by atoms with Crippen LogP contribution in [0.15, 0.2) is 36.4 Å². The quantitative estimate of drug-likeness (QED) is 0.658. The molecule has 0 aliphatic carbocycles. The number of imidazole rings is 1. The van der Waals surface area contributed by atoms with E-state index in [1.807, 2.05) is 12.1 Å². The van der Waals surface area contributed by atoms with Gasteiger partial charge in [-0.2, -0.15) is 0 Å². The van der Waals surface area contributed by atoms with Crippen molar-refractivity contribution < 1.29 is 4.39 Å². The number of anilines is 1. The van der Waals surface area contributed by atoms with Gasteiger partial charge in [0, 0.05) is 11.3 Å². The maximum Gasteiger partial charge on any atom is 0.169 e. The van der Waals surface area contributed by atoms with E-state index in [1.165, 1.54) is 6.07 Å². The predicted octanol–water partition coefficient (Wildman–Crippen LogP) is 3.60. The Bertz CT molecular complexity index is 719. The lowest BCUT2D eigenvalue weighted by atomic mass is 10.2. The van der Waals surface area contributed by atoms with Gasteiger partial charge >= 0.3 is 0 Å². The van der Waals surface area contributed by atoms with Crippen molar-refractivity contribution in [1.29, 1.82) is 0 Å². The first-order chi connectivity index (χ1) is 8.65. The average Bonchev–Trinajstić information content (AvgIpc) is 2.80. The molecule has 3 N–H and O–H groups in total. The molecule has 0 unspecified atom stereocenters. The molecule has 0 aliphatic rings. The standard InChI is InChI=1S/C13H9ClFN3/c14-9-5-6-10-12(11(9)15)18-13(17-10)7-1-3-8(16)4-2-7/h1-6H,16H2,(H,17,18). The topological polar surface area (TPSA) is 54.7 Å². The van der Waals surface area contributed by atoms with Crippen LogP contribution in [0, 0.1) is 5.82 Å². The number of H-pyrrole nitrogens is 1. The molecule has 90 valence electrons. The van der Waals surface area contributed by atoms with Crippen LogP contribution in [0.3, 0.4) is 0 Å². The summed E-state index contributed by atoms with van der Waals surface area (Å²) in [4.78, 5) is 7.27. The fourth-order valence-electron chi connectivity index (χ4n) is 1.80. The summed E-state index contributed by atoms with van der Waals surface area (Å²) in [5.41, 5.74) is 7.99. The van der Waals surface area contributed by atoms with Crippen molar-refractivity contribution in [2.75, 3.05) is 5.73 Å². The van der Waals surface area contributed by atoms with Gasteiger partial charge in [-0.15, -0.1) is 0 Å². The molecule has 0 atom stereocenters. The molecule has 0 fully saturated rings. The number of nitrogen functional groups attached to an aromatic ring is 1. The van der Waals surface area contributed by atoms with E-state index in [-0.39, 0.29) is 10.5 Å². The van der Waals surface area contributed by atoms with Gasteiger partial charge in [0.05, 0.1) is 10.5 Å².